The standard InChI is InChI=1S/C66H43NO2/c1-3-11-44(12-4-1)47-23-31-56(32-24-47)67(57-33-25-48(26-34-57)45-13-5-2-6-14-45)58-35-27-49(28-36-58)46-19-21-50(22-20-46)53-39-54(51-29-37-61-59-15-7-9-17-63(59)68-65(61)42-51)41-55(40-53)52-30-38-62-60-16-8-10-18-64(60)69-66(62)43-52/h1-43H. The average Bonchev–Trinajstić information content (AvgIpc) is 4.00. The van der Waals surface area contributed by atoms with Crippen molar-refractivity contribution < 1.29 is 8.83 Å². The minimum Gasteiger partial charge on any atom is -0.456 e. The summed E-state index contributed by atoms with van der Waals surface area (Å²) in [5, 5.41) is 4.49. The molecule has 0 aliphatic carbocycles. The summed E-state index contributed by atoms with van der Waals surface area (Å²) in [6.07, 6.45) is 0. The van der Waals surface area contributed by atoms with Crippen molar-refractivity contribution in [1.82, 2.24) is 0 Å². The van der Waals surface area contributed by atoms with Crippen LogP contribution in [0.3, 0.4) is 0 Å². The minimum atomic E-state index is 0.879. The van der Waals surface area contributed by atoms with Crippen molar-refractivity contribution in [3.05, 3.63) is 261 Å². The highest BCUT2D eigenvalue weighted by atomic mass is 16.3. The molecule has 0 atom stereocenters. The van der Waals surface area contributed by atoms with Gasteiger partial charge in [0, 0.05) is 38.6 Å². The van der Waals surface area contributed by atoms with E-state index in [0.717, 1.165) is 105 Å². The number of hydrogen-bond acceptors (Lipinski definition) is 3. The summed E-state index contributed by atoms with van der Waals surface area (Å²) in [6.45, 7) is 0. The summed E-state index contributed by atoms with van der Waals surface area (Å²) in [6, 6.07) is 93.2. The largest absolute Gasteiger partial charge is 0.456 e. The molecule has 3 nitrogen and oxygen atoms in total. The molecule has 0 aliphatic rings. The maximum atomic E-state index is 6.37. The molecular weight excluding hydrogens is 839 g/mol. The van der Waals surface area contributed by atoms with Gasteiger partial charge in [-0.1, -0.05) is 170 Å². The Balaban J connectivity index is 0.847. The molecule has 0 radical (unpaired) electrons. The molecule has 0 N–H and O–H groups in total. The molecule has 69 heavy (non-hydrogen) atoms. The van der Waals surface area contributed by atoms with Crippen LogP contribution in [-0.2, 0) is 0 Å². The van der Waals surface area contributed by atoms with Gasteiger partial charge in [-0.05, 0) is 158 Å². The first kappa shape index (κ1) is 40.1. The van der Waals surface area contributed by atoms with Crippen LogP contribution in [0.4, 0.5) is 17.1 Å². The maximum absolute atomic E-state index is 6.37. The number of rotatable bonds is 9. The van der Waals surface area contributed by atoms with Crippen LogP contribution in [0.1, 0.15) is 0 Å². The quantitative estimate of drug-likeness (QED) is 0.145. The molecule has 0 amide bonds. The monoisotopic (exact) mass is 881 g/mol. The Morgan fingerprint density at radius 2 is 0.464 bits per heavy atom. The number of furan rings is 2. The van der Waals surface area contributed by atoms with Crippen LogP contribution in [0.2, 0.25) is 0 Å². The molecule has 0 unspecified atom stereocenters. The first-order valence-corrected chi connectivity index (χ1v) is 23.5. The van der Waals surface area contributed by atoms with Crippen molar-refractivity contribution in [3.8, 4) is 66.8 Å². The lowest BCUT2D eigenvalue weighted by Gasteiger charge is -2.26. The number of benzene rings is 11. The second-order valence-electron chi connectivity index (χ2n) is 17.7. The van der Waals surface area contributed by atoms with E-state index in [1.54, 1.807) is 0 Å². The van der Waals surface area contributed by atoms with Crippen LogP contribution in [0, 0.1) is 0 Å². The highest BCUT2D eigenvalue weighted by molar-refractivity contribution is 6.07. The Morgan fingerprint density at radius 3 is 0.855 bits per heavy atom. The van der Waals surface area contributed by atoms with Crippen LogP contribution < -0.4 is 4.90 Å². The third-order valence-corrected chi connectivity index (χ3v) is 13.5. The molecule has 0 saturated carbocycles. The van der Waals surface area contributed by atoms with Gasteiger partial charge in [0.1, 0.15) is 22.3 Å². The third-order valence-electron chi connectivity index (χ3n) is 13.5. The van der Waals surface area contributed by atoms with Gasteiger partial charge in [0.15, 0.2) is 0 Å². The fraction of sp³-hybridized carbons (Fsp3) is 0. The number of fused-ring (bicyclic) bond motifs is 6. The zero-order valence-corrected chi connectivity index (χ0v) is 37.6. The first-order valence-electron chi connectivity index (χ1n) is 23.5. The van der Waals surface area contributed by atoms with Gasteiger partial charge in [0.25, 0.3) is 0 Å². The summed E-state index contributed by atoms with van der Waals surface area (Å²) < 4.78 is 12.7. The van der Waals surface area contributed by atoms with Crippen LogP contribution in [0.5, 0.6) is 0 Å². The van der Waals surface area contributed by atoms with Crippen molar-refractivity contribution >= 4 is 60.9 Å². The Kier molecular flexibility index (Phi) is 9.84. The van der Waals surface area contributed by atoms with Gasteiger partial charge in [0.2, 0.25) is 0 Å². The summed E-state index contributed by atoms with van der Waals surface area (Å²) in [5.41, 5.74) is 20.6. The molecule has 0 bridgehead atoms. The van der Waals surface area contributed by atoms with Gasteiger partial charge in [-0.15, -0.1) is 0 Å². The van der Waals surface area contributed by atoms with Crippen LogP contribution in [-0.4, -0.2) is 0 Å². The molecule has 13 rings (SSSR count). The normalized spacial score (nSPS) is 11.5. The van der Waals surface area contributed by atoms with E-state index in [9.17, 15) is 0 Å². The van der Waals surface area contributed by atoms with Crippen molar-refractivity contribution in [2.45, 2.75) is 0 Å². The topological polar surface area (TPSA) is 29.5 Å². The van der Waals surface area contributed by atoms with Gasteiger partial charge in [0.05, 0.1) is 0 Å². The van der Waals surface area contributed by atoms with Crippen LogP contribution in [0.25, 0.3) is 111 Å². The average molecular weight is 882 g/mol. The van der Waals surface area contributed by atoms with Gasteiger partial charge < -0.3 is 13.7 Å². The molecular formula is C66H43NO2. The fourth-order valence-electron chi connectivity index (χ4n) is 9.91. The molecule has 0 aliphatic heterocycles. The number of nitrogens with zero attached hydrogens (tertiary/aromatic N) is 1. The molecule has 0 fully saturated rings. The molecule has 324 valence electrons. The van der Waals surface area contributed by atoms with Crippen molar-refractivity contribution in [2.24, 2.45) is 0 Å². The SMILES string of the molecule is c1ccc(-c2ccc(N(c3ccc(-c4ccccc4)cc3)c3ccc(-c4ccc(-c5cc(-c6ccc7c(c6)oc6ccccc67)cc(-c6ccc7c(c6)oc6ccccc67)c5)cc4)cc3)cc2)cc1. The molecule has 13 aromatic rings. The molecule has 3 heteroatoms. The Hall–Kier alpha value is -9.18. The van der Waals surface area contributed by atoms with E-state index in [2.05, 4.69) is 241 Å². The van der Waals surface area contributed by atoms with E-state index in [0.29, 0.717) is 0 Å². The van der Waals surface area contributed by atoms with Gasteiger partial charge in [-0.3, -0.25) is 0 Å². The van der Waals surface area contributed by atoms with Gasteiger partial charge in [-0.25, -0.2) is 0 Å². The van der Waals surface area contributed by atoms with E-state index >= 15 is 0 Å². The first-order chi connectivity index (χ1) is 34.1. The van der Waals surface area contributed by atoms with Crippen LogP contribution >= 0.6 is 0 Å². The zero-order chi connectivity index (χ0) is 45.7. The smallest absolute Gasteiger partial charge is 0.136 e. The minimum absolute atomic E-state index is 0.879. The van der Waals surface area contributed by atoms with Gasteiger partial charge in [-0.2, -0.15) is 0 Å². The number of hydrogen-bond donors (Lipinski definition) is 0. The predicted octanol–water partition coefficient (Wildman–Crippen LogP) is 19.0. The Morgan fingerprint density at radius 1 is 0.188 bits per heavy atom. The molecule has 2 aromatic heterocycles. The second kappa shape index (κ2) is 16.9. The fourth-order valence-corrected chi connectivity index (χ4v) is 9.91. The summed E-state index contributed by atoms with van der Waals surface area (Å²) >= 11 is 0. The lowest BCUT2D eigenvalue weighted by molar-refractivity contribution is 0.668. The highest BCUT2D eigenvalue weighted by Gasteiger charge is 2.16. The Labute approximate surface area is 400 Å². The molecule has 0 saturated heterocycles. The number of para-hydroxylation sites is 2. The molecule has 2 heterocycles. The second-order valence-corrected chi connectivity index (χ2v) is 17.7. The van der Waals surface area contributed by atoms with E-state index < -0.39 is 0 Å². The van der Waals surface area contributed by atoms with Crippen molar-refractivity contribution in [2.75, 3.05) is 4.90 Å². The van der Waals surface area contributed by atoms with Crippen LogP contribution in [0.15, 0.2) is 270 Å². The Bertz CT molecular complexity index is 3750. The lowest BCUT2D eigenvalue weighted by atomic mass is 9.92. The number of anilines is 3. The zero-order valence-electron chi connectivity index (χ0n) is 37.6. The van der Waals surface area contributed by atoms with E-state index in [-0.39, 0.29) is 0 Å². The molecule has 11 aromatic carbocycles. The van der Waals surface area contributed by atoms with E-state index in [1.165, 1.54) is 22.3 Å². The van der Waals surface area contributed by atoms with Gasteiger partial charge >= 0.3 is 0 Å². The maximum Gasteiger partial charge on any atom is 0.136 e. The molecule has 0 spiro atoms. The van der Waals surface area contributed by atoms with Crippen molar-refractivity contribution in [1.29, 1.82) is 0 Å². The highest BCUT2D eigenvalue weighted by Crippen LogP contribution is 2.41. The van der Waals surface area contributed by atoms with E-state index in [1.807, 2.05) is 24.3 Å². The van der Waals surface area contributed by atoms with Crippen molar-refractivity contribution in [3.63, 3.8) is 0 Å². The predicted molar refractivity (Wildman–Crippen MR) is 288 cm³/mol. The lowest BCUT2D eigenvalue weighted by Crippen LogP contribution is -2.09. The summed E-state index contributed by atoms with van der Waals surface area (Å²) in [4.78, 5) is 2.33. The summed E-state index contributed by atoms with van der Waals surface area (Å²) in [5.74, 6) is 0. The van der Waals surface area contributed by atoms with E-state index in [4.69, 9.17) is 8.83 Å². The third kappa shape index (κ3) is 7.53. The summed E-state index contributed by atoms with van der Waals surface area (Å²) in [7, 11) is 0.